The second kappa shape index (κ2) is 14.5. The molecule has 0 aliphatic carbocycles. The van der Waals surface area contributed by atoms with Gasteiger partial charge in [0.15, 0.2) is 0 Å². The van der Waals surface area contributed by atoms with Gasteiger partial charge >= 0.3 is 6.18 Å². The fourth-order valence-corrected chi connectivity index (χ4v) is 8.50. The molecule has 1 aromatic heterocycles. The first-order valence-electron chi connectivity index (χ1n) is 15.6. The number of rotatable bonds is 11. The molecule has 46 heavy (non-hydrogen) atoms. The van der Waals surface area contributed by atoms with Crippen LogP contribution < -0.4 is 5.73 Å². The average molecular weight is 691 g/mol. The quantitative estimate of drug-likeness (QED) is 0.273. The lowest BCUT2D eigenvalue weighted by atomic mass is 9.96. The largest absolute Gasteiger partial charge is 0.417 e. The summed E-state index contributed by atoms with van der Waals surface area (Å²) in [4.78, 5) is 15.5. The van der Waals surface area contributed by atoms with E-state index in [-0.39, 0.29) is 42.9 Å². The topological polar surface area (TPSA) is 125 Å². The molecule has 2 atom stereocenters. The molecule has 2 fully saturated rings. The molecule has 1 amide bonds. The third kappa shape index (κ3) is 8.61. The number of hydrogen-bond acceptors (Lipinski definition) is 8. The number of carbonyl (C=O) groups excluding carboxylic acids is 1. The maximum absolute atomic E-state index is 14.1. The van der Waals surface area contributed by atoms with E-state index in [1.54, 1.807) is 4.68 Å². The Balaban J connectivity index is 1.39. The number of halogens is 4. The van der Waals surface area contributed by atoms with Crippen LogP contribution in [0.5, 0.6) is 0 Å². The molecule has 0 bridgehead atoms. The molecule has 10 nitrogen and oxygen atoms in total. The van der Waals surface area contributed by atoms with Crippen LogP contribution in [-0.2, 0) is 40.5 Å². The van der Waals surface area contributed by atoms with E-state index in [9.17, 15) is 35.9 Å². The number of amides is 1. The van der Waals surface area contributed by atoms with Gasteiger partial charge in [-0.1, -0.05) is 6.07 Å². The van der Waals surface area contributed by atoms with Crippen LogP contribution in [0.15, 0.2) is 23.1 Å². The highest BCUT2D eigenvalue weighted by molar-refractivity contribution is 7.99. The number of aliphatic hydroxyl groups is 1. The van der Waals surface area contributed by atoms with Gasteiger partial charge in [-0.05, 0) is 57.5 Å². The molecule has 16 heteroatoms. The number of sulfonamides is 1. The summed E-state index contributed by atoms with van der Waals surface area (Å²) in [5.74, 6) is -0.150. The molecule has 3 N–H and O–H groups in total. The Morgan fingerprint density at radius 3 is 2.52 bits per heavy atom. The van der Waals surface area contributed by atoms with Crippen molar-refractivity contribution in [2.24, 2.45) is 11.7 Å². The summed E-state index contributed by atoms with van der Waals surface area (Å²) in [5.41, 5.74) is 6.80. The number of likely N-dealkylation sites (tertiary alicyclic amines) is 2. The van der Waals surface area contributed by atoms with Gasteiger partial charge < -0.3 is 15.7 Å². The predicted octanol–water partition coefficient (Wildman–Crippen LogP) is 2.97. The van der Waals surface area contributed by atoms with E-state index in [1.165, 1.54) is 16.4 Å². The number of carbonyl (C=O) groups is 1. The van der Waals surface area contributed by atoms with Crippen molar-refractivity contribution in [1.82, 2.24) is 23.9 Å². The molecule has 256 valence electrons. The lowest BCUT2D eigenvalue weighted by Crippen LogP contribution is -2.43. The van der Waals surface area contributed by atoms with E-state index in [1.807, 2.05) is 4.90 Å². The minimum absolute atomic E-state index is 0.0169. The van der Waals surface area contributed by atoms with Crippen LogP contribution in [0.1, 0.15) is 42.5 Å². The number of primary amides is 1. The number of aromatic nitrogens is 2. The molecular formula is C30H42F4N6O4S2. The zero-order valence-electron chi connectivity index (χ0n) is 25.9. The van der Waals surface area contributed by atoms with Crippen LogP contribution in [0, 0.1) is 5.92 Å². The zero-order chi connectivity index (χ0) is 33.2. The second-order valence-corrected chi connectivity index (χ2v) is 15.7. The number of hydrogen-bond donors (Lipinski definition) is 2. The fourth-order valence-electron chi connectivity index (χ4n) is 6.60. The second-order valence-electron chi connectivity index (χ2n) is 12.5. The van der Waals surface area contributed by atoms with E-state index in [4.69, 9.17) is 10.8 Å². The van der Waals surface area contributed by atoms with Crippen LogP contribution in [0.2, 0.25) is 0 Å². The molecule has 3 aliphatic rings. The minimum atomic E-state index is -4.59. The van der Waals surface area contributed by atoms with Crippen LogP contribution >= 0.6 is 11.8 Å². The Hall–Kier alpha value is -2.24. The monoisotopic (exact) mass is 690 g/mol. The van der Waals surface area contributed by atoms with Gasteiger partial charge in [-0.25, -0.2) is 12.8 Å². The van der Waals surface area contributed by atoms with Crippen molar-refractivity contribution in [2.45, 2.75) is 68.5 Å². The van der Waals surface area contributed by atoms with Gasteiger partial charge in [0.05, 0.1) is 30.2 Å². The number of nitrogens with zero attached hydrogens (tertiary/aromatic N) is 5. The van der Waals surface area contributed by atoms with Gasteiger partial charge in [-0.15, -0.1) is 11.8 Å². The number of alkyl halides is 4. The van der Waals surface area contributed by atoms with Crippen LogP contribution in [0.4, 0.5) is 17.6 Å². The molecule has 1 aromatic carbocycles. The minimum Gasteiger partial charge on any atom is -0.390 e. The summed E-state index contributed by atoms with van der Waals surface area (Å²) in [6, 6.07) is 3.84. The van der Waals surface area contributed by atoms with Crippen molar-refractivity contribution in [2.75, 3.05) is 57.8 Å². The summed E-state index contributed by atoms with van der Waals surface area (Å²) in [7, 11) is -3.55. The zero-order valence-corrected chi connectivity index (χ0v) is 27.5. The summed E-state index contributed by atoms with van der Waals surface area (Å²) in [6.45, 7) is 3.38. The molecule has 0 radical (unpaired) electrons. The number of nitrogens with two attached hydrogens (primary N) is 1. The van der Waals surface area contributed by atoms with Crippen molar-refractivity contribution < 1.29 is 35.9 Å². The first kappa shape index (κ1) is 35.1. The molecule has 2 aromatic rings. The number of β-amino-alcohol motifs (C(OH)–C–C–N with tert-alkyl or cyclic N) is 1. The molecule has 5 rings (SSSR count). The maximum atomic E-state index is 14.1. The number of fused-ring (bicyclic) bond motifs is 1. The van der Waals surface area contributed by atoms with Crippen LogP contribution in [0.3, 0.4) is 0 Å². The van der Waals surface area contributed by atoms with E-state index < -0.39 is 34.0 Å². The maximum Gasteiger partial charge on any atom is 0.417 e. The van der Waals surface area contributed by atoms with E-state index in [0.717, 1.165) is 36.2 Å². The Morgan fingerprint density at radius 1 is 1.13 bits per heavy atom. The molecule has 2 saturated heterocycles. The van der Waals surface area contributed by atoms with E-state index in [0.29, 0.717) is 81.0 Å². The van der Waals surface area contributed by atoms with Crippen molar-refractivity contribution in [1.29, 1.82) is 0 Å². The molecule has 0 spiro atoms. The normalized spacial score (nSPS) is 21.7. The van der Waals surface area contributed by atoms with Gasteiger partial charge in [0.25, 0.3) is 0 Å². The molecule has 4 heterocycles. The third-order valence-corrected chi connectivity index (χ3v) is 11.4. The Kier molecular flexibility index (Phi) is 11.0. The first-order valence-corrected chi connectivity index (χ1v) is 18.5. The van der Waals surface area contributed by atoms with Crippen LogP contribution in [0.25, 0.3) is 11.3 Å². The number of aliphatic hydroxyl groups excluding tert-OH is 1. The van der Waals surface area contributed by atoms with Gasteiger partial charge in [-0.3, -0.25) is 14.4 Å². The lowest BCUT2D eigenvalue weighted by Gasteiger charge is -2.32. The Bertz CT molecular complexity index is 1500. The smallest absolute Gasteiger partial charge is 0.390 e. The number of benzene rings is 1. The SMILES string of the molecule is CS(=O)(=O)N1CCc2c(c(-c3ccc(C(F)(F)F)c(SCCN4CCCC(F)C4)c3)nn2CC(O)CN2CCC(C(N)=O)CC2)C1. The summed E-state index contributed by atoms with van der Waals surface area (Å²) < 4.78 is 83.9. The van der Waals surface area contributed by atoms with Gasteiger partial charge in [0.2, 0.25) is 15.9 Å². The Labute approximate surface area is 271 Å². The predicted molar refractivity (Wildman–Crippen MR) is 167 cm³/mol. The highest BCUT2D eigenvalue weighted by Crippen LogP contribution is 2.40. The van der Waals surface area contributed by atoms with Crippen molar-refractivity contribution in [3.63, 3.8) is 0 Å². The van der Waals surface area contributed by atoms with Gasteiger partial charge in [-0.2, -0.15) is 22.6 Å². The molecule has 0 saturated carbocycles. The Morgan fingerprint density at radius 2 is 1.87 bits per heavy atom. The highest BCUT2D eigenvalue weighted by Gasteiger charge is 2.35. The van der Waals surface area contributed by atoms with E-state index in [2.05, 4.69) is 4.90 Å². The fraction of sp³-hybridized carbons (Fsp3) is 0.667. The van der Waals surface area contributed by atoms with Gasteiger partial charge in [0.1, 0.15) is 6.17 Å². The van der Waals surface area contributed by atoms with Crippen molar-refractivity contribution in [3.8, 4) is 11.3 Å². The molecule has 3 aliphatic heterocycles. The lowest BCUT2D eigenvalue weighted by molar-refractivity contribution is -0.139. The summed E-state index contributed by atoms with van der Waals surface area (Å²) in [5, 5.41) is 15.8. The highest BCUT2D eigenvalue weighted by atomic mass is 32.2. The van der Waals surface area contributed by atoms with E-state index >= 15 is 0 Å². The summed E-state index contributed by atoms with van der Waals surface area (Å²) in [6.07, 6.45) is -2.42. The summed E-state index contributed by atoms with van der Waals surface area (Å²) >= 11 is 1.06. The average Bonchev–Trinajstić information content (AvgIpc) is 3.34. The molecule has 2 unspecified atom stereocenters. The number of piperidine rings is 2. The van der Waals surface area contributed by atoms with Crippen molar-refractivity contribution in [3.05, 3.63) is 35.0 Å². The molecular weight excluding hydrogens is 648 g/mol. The number of thioether (sulfide) groups is 1. The van der Waals surface area contributed by atoms with Crippen LogP contribution in [-0.4, -0.2) is 113 Å². The first-order chi connectivity index (χ1) is 21.7. The third-order valence-electron chi connectivity index (χ3n) is 9.08. The van der Waals surface area contributed by atoms with Gasteiger partial charge in [0, 0.05) is 72.5 Å². The van der Waals surface area contributed by atoms with Crippen molar-refractivity contribution >= 4 is 27.7 Å². The standard InChI is InChI=1S/C30H42F4N6O4S2/c1-46(43,44)39-12-8-26-24(19-39)28(36-40(26)18-23(41)17-38-10-6-20(7-11-38)29(35)42)21-4-5-25(30(32,33)34)27(15-21)45-14-13-37-9-2-3-22(31)16-37/h4-5,15,20,22-23,41H,2-3,6-14,16-19H2,1H3,(H2,35,42).